The molecule has 6 nitrogen and oxygen atoms in total. The summed E-state index contributed by atoms with van der Waals surface area (Å²) < 4.78 is 66.6. The lowest BCUT2D eigenvalue weighted by atomic mass is 10.2. The molecule has 0 saturated heterocycles. The van der Waals surface area contributed by atoms with Gasteiger partial charge in [0.1, 0.15) is 10.7 Å². The summed E-state index contributed by atoms with van der Waals surface area (Å²) in [7, 11) is -8.26. The van der Waals surface area contributed by atoms with Crippen LogP contribution in [0.3, 0.4) is 0 Å². The molecule has 0 spiro atoms. The fourth-order valence-corrected chi connectivity index (χ4v) is 5.52. The first-order valence-corrected chi connectivity index (χ1v) is 10.8. The van der Waals surface area contributed by atoms with Gasteiger partial charge in [-0.3, -0.25) is 8.75 Å². The second-order valence-corrected chi connectivity index (χ2v) is 9.16. The third kappa shape index (κ3) is 5.93. The third-order valence-corrected chi connectivity index (χ3v) is 6.28. The molecule has 0 bridgehead atoms. The molecule has 0 aliphatic carbocycles. The van der Waals surface area contributed by atoms with E-state index in [1.807, 2.05) is 0 Å². The summed E-state index contributed by atoms with van der Waals surface area (Å²) in [6.45, 7) is 8.24. The van der Waals surface area contributed by atoms with Crippen LogP contribution in [0.1, 0.15) is 40.2 Å². The summed E-state index contributed by atoms with van der Waals surface area (Å²) in [6.07, 6.45) is -1.43. The highest BCUT2D eigenvalue weighted by Crippen LogP contribution is 2.51. The molecular formula is C15H24FO6PS. The van der Waals surface area contributed by atoms with Crippen molar-refractivity contribution in [3.05, 3.63) is 29.6 Å². The molecule has 0 aliphatic rings. The predicted molar refractivity (Wildman–Crippen MR) is 89.0 cm³/mol. The first kappa shape index (κ1) is 21.3. The average molecular weight is 382 g/mol. The van der Waals surface area contributed by atoms with Gasteiger partial charge in [0.2, 0.25) is 0 Å². The van der Waals surface area contributed by atoms with Crippen molar-refractivity contribution in [3.8, 4) is 0 Å². The van der Waals surface area contributed by atoms with Gasteiger partial charge >= 0.3 is 17.7 Å². The van der Waals surface area contributed by atoms with E-state index >= 15 is 0 Å². The molecule has 0 aromatic heterocycles. The smallest absolute Gasteiger partial charge is 0.304 e. The Kier molecular flexibility index (Phi) is 7.56. The second-order valence-electron chi connectivity index (χ2n) is 5.70. The van der Waals surface area contributed by atoms with E-state index in [1.165, 1.54) is 12.1 Å². The van der Waals surface area contributed by atoms with Crippen LogP contribution < -0.4 is 0 Å². The van der Waals surface area contributed by atoms with Crippen LogP contribution in [0, 0.1) is 5.82 Å². The highest BCUT2D eigenvalue weighted by molar-refractivity contribution is 7.87. The number of aryl methyl sites for hydroxylation is 1. The molecule has 0 atom stereocenters. The SMILES string of the molecule is CCc1cccc(F)c1S(=O)(=O)OCP(=O)(OC(C)C)OC(C)C. The van der Waals surface area contributed by atoms with Crippen LogP contribution in [0.4, 0.5) is 4.39 Å². The highest BCUT2D eigenvalue weighted by Gasteiger charge is 2.33. The molecule has 1 rings (SSSR count). The van der Waals surface area contributed by atoms with E-state index in [1.54, 1.807) is 34.6 Å². The molecule has 0 N–H and O–H groups in total. The molecular weight excluding hydrogens is 358 g/mol. The van der Waals surface area contributed by atoms with E-state index in [0.29, 0.717) is 6.42 Å². The lowest BCUT2D eigenvalue weighted by Crippen LogP contribution is -2.16. The first-order valence-electron chi connectivity index (χ1n) is 7.63. The number of hydrogen-bond acceptors (Lipinski definition) is 6. The topological polar surface area (TPSA) is 78.9 Å². The Hall–Kier alpha value is -0.790. The van der Waals surface area contributed by atoms with Crippen molar-refractivity contribution in [1.82, 2.24) is 0 Å². The molecule has 0 unspecified atom stereocenters. The van der Waals surface area contributed by atoms with E-state index in [2.05, 4.69) is 0 Å². The van der Waals surface area contributed by atoms with Gasteiger partial charge in [0.25, 0.3) is 0 Å². The zero-order valence-corrected chi connectivity index (χ0v) is 16.2. The number of halogens is 1. The molecule has 138 valence electrons. The van der Waals surface area contributed by atoms with Gasteiger partial charge in [0.15, 0.2) is 6.35 Å². The van der Waals surface area contributed by atoms with Gasteiger partial charge in [-0.2, -0.15) is 8.42 Å². The van der Waals surface area contributed by atoms with E-state index < -0.39 is 47.0 Å². The largest absolute Gasteiger partial charge is 0.358 e. The summed E-state index contributed by atoms with van der Waals surface area (Å²) in [5.41, 5.74) is 0.277. The molecule has 0 fully saturated rings. The Morgan fingerprint density at radius 1 is 1.12 bits per heavy atom. The second kappa shape index (κ2) is 8.54. The minimum Gasteiger partial charge on any atom is -0.304 e. The van der Waals surface area contributed by atoms with Gasteiger partial charge in [0, 0.05) is 0 Å². The van der Waals surface area contributed by atoms with Crippen LogP contribution in [0.15, 0.2) is 23.1 Å². The standard InChI is InChI=1S/C15H24FO6PS/c1-6-13-8-7-9-14(16)15(13)24(18,19)20-10-23(17,21-11(2)3)22-12(4)5/h7-9,11-12H,6,10H2,1-5H3. The van der Waals surface area contributed by atoms with Gasteiger partial charge in [-0.25, -0.2) is 4.39 Å². The fraction of sp³-hybridized carbons (Fsp3) is 0.600. The monoisotopic (exact) mass is 382 g/mol. The van der Waals surface area contributed by atoms with Gasteiger partial charge < -0.3 is 9.05 Å². The van der Waals surface area contributed by atoms with Crippen molar-refractivity contribution in [3.63, 3.8) is 0 Å². The van der Waals surface area contributed by atoms with Crippen molar-refractivity contribution < 1.29 is 30.6 Å². The van der Waals surface area contributed by atoms with E-state index in [9.17, 15) is 17.4 Å². The minimum absolute atomic E-state index is 0.277. The summed E-state index contributed by atoms with van der Waals surface area (Å²) >= 11 is 0. The fourth-order valence-electron chi connectivity index (χ4n) is 2.03. The molecule has 1 aromatic rings. The van der Waals surface area contributed by atoms with Crippen LogP contribution in [0.25, 0.3) is 0 Å². The molecule has 0 heterocycles. The Balaban J connectivity index is 3.08. The van der Waals surface area contributed by atoms with Crippen molar-refractivity contribution >= 4 is 17.7 Å². The molecule has 9 heteroatoms. The van der Waals surface area contributed by atoms with E-state index in [-0.39, 0.29) is 5.56 Å². The maximum absolute atomic E-state index is 14.0. The van der Waals surface area contributed by atoms with Gasteiger partial charge in [-0.1, -0.05) is 19.1 Å². The maximum atomic E-state index is 14.0. The summed E-state index contributed by atoms with van der Waals surface area (Å²) in [5, 5.41) is 0. The molecule has 1 aromatic carbocycles. The average Bonchev–Trinajstić information content (AvgIpc) is 2.43. The van der Waals surface area contributed by atoms with E-state index in [0.717, 1.165) is 6.07 Å². The van der Waals surface area contributed by atoms with Crippen LogP contribution in [-0.4, -0.2) is 27.0 Å². The Morgan fingerprint density at radius 2 is 1.67 bits per heavy atom. The maximum Gasteiger partial charge on any atom is 0.358 e. The lowest BCUT2D eigenvalue weighted by Gasteiger charge is -2.22. The molecule has 0 radical (unpaired) electrons. The molecule has 24 heavy (non-hydrogen) atoms. The molecule has 0 aliphatic heterocycles. The molecule has 0 amide bonds. The van der Waals surface area contributed by atoms with Crippen molar-refractivity contribution in [1.29, 1.82) is 0 Å². The van der Waals surface area contributed by atoms with Crippen molar-refractivity contribution in [2.24, 2.45) is 0 Å². The van der Waals surface area contributed by atoms with Crippen LogP contribution in [0.5, 0.6) is 0 Å². The number of rotatable bonds is 9. The first-order chi connectivity index (χ1) is 11.0. The van der Waals surface area contributed by atoms with Crippen LogP contribution in [0.2, 0.25) is 0 Å². The van der Waals surface area contributed by atoms with Gasteiger partial charge in [0.05, 0.1) is 12.2 Å². The quantitative estimate of drug-likeness (QED) is 0.473. The van der Waals surface area contributed by atoms with Gasteiger partial charge in [-0.15, -0.1) is 0 Å². The normalized spacial score (nSPS) is 13.0. The van der Waals surface area contributed by atoms with E-state index in [4.69, 9.17) is 13.2 Å². The Bertz CT molecular complexity index is 688. The van der Waals surface area contributed by atoms with Gasteiger partial charge in [-0.05, 0) is 45.7 Å². The predicted octanol–water partition coefficient (Wildman–Crippen LogP) is 4.09. The number of hydrogen-bond donors (Lipinski definition) is 0. The third-order valence-electron chi connectivity index (χ3n) is 2.79. The Labute approximate surface area is 143 Å². The summed E-state index contributed by atoms with van der Waals surface area (Å²) in [6, 6.07) is 3.94. The van der Waals surface area contributed by atoms with Crippen LogP contribution >= 0.6 is 7.60 Å². The van der Waals surface area contributed by atoms with Crippen molar-refractivity contribution in [2.75, 3.05) is 6.35 Å². The van der Waals surface area contributed by atoms with Crippen LogP contribution in [-0.2, 0) is 34.3 Å². The minimum atomic E-state index is -4.45. The zero-order chi connectivity index (χ0) is 18.5. The lowest BCUT2D eigenvalue weighted by molar-refractivity contribution is 0.129. The molecule has 0 saturated carbocycles. The van der Waals surface area contributed by atoms with Crippen molar-refractivity contribution in [2.45, 2.75) is 58.1 Å². The summed E-state index contributed by atoms with van der Waals surface area (Å²) in [5.74, 6) is -0.918. The summed E-state index contributed by atoms with van der Waals surface area (Å²) in [4.78, 5) is -0.548. The highest BCUT2D eigenvalue weighted by atomic mass is 32.2. The number of benzene rings is 1. The Morgan fingerprint density at radius 3 is 2.12 bits per heavy atom. The zero-order valence-electron chi connectivity index (χ0n) is 14.5.